The third-order valence-corrected chi connectivity index (χ3v) is 6.15. The molecule has 0 unspecified atom stereocenters. The second-order valence-corrected chi connectivity index (χ2v) is 8.12. The Hall–Kier alpha value is -2.22. The molecule has 0 radical (unpaired) electrons. The van der Waals surface area contributed by atoms with Crippen molar-refractivity contribution >= 4 is 44.2 Å². The molecule has 1 aliphatic heterocycles. The average molecular weight is 419 g/mol. The molecule has 1 fully saturated rings. The van der Waals surface area contributed by atoms with E-state index < -0.39 is 0 Å². The number of piperazine rings is 1. The number of benzene rings is 2. The van der Waals surface area contributed by atoms with Crippen molar-refractivity contribution in [2.24, 2.45) is 0 Å². The second-order valence-electron chi connectivity index (χ2n) is 6.67. The first-order valence-electron chi connectivity index (χ1n) is 9.16. The average Bonchev–Trinajstić information content (AvgIpc) is 3.15. The normalized spacial score (nSPS) is 15.1. The molecule has 3 aromatic rings. The van der Waals surface area contributed by atoms with Gasteiger partial charge < -0.3 is 10.2 Å². The Morgan fingerprint density at radius 3 is 2.61 bits per heavy atom. The molecule has 146 valence electrons. The minimum absolute atomic E-state index is 0.0909. The van der Waals surface area contributed by atoms with Gasteiger partial charge >= 0.3 is 0 Å². The van der Waals surface area contributed by atoms with Crippen molar-refractivity contribution in [1.82, 2.24) is 15.2 Å². The van der Waals surface area contributed by atoms with Gasteiger partial charge in [-0.3, -0.25) is 9.69 Å². The fraction of sp³-hybridized carbons (Fsp3) is 0.300. The summed E-state index contributed by atoms with van der Waals surface area (Å²) in [5, 5.41) is 4.43. The Morgan fingerprint density at radius 1 is 1.14 bits per heavy atom. The van der Waals surface area contributed by atoms with Crippen LogP contribution in [0.5, 0.6) is 0 Å². The van der Waals surface area contributed by atoms with Gasteiger partial charge in [-0.25, -0.2) is 9.37 Å². The summed E-state index contributed by atoms with van der Waals surface area (Å²) in [7, 11) is 0. The minimum atomic E-state index is -0.268. The highest BCUT2D eigenvalue weighted by Crippen LogP contribution is 2.30. The molecule has 0 spiro atoms. The number of carbonyl (C=O) groups excluding carboxylic acids is 1. The lowest BCUT2D eigenvalue weighted by atomic mass is 10.2. The monoisotopic (exact) mass is 418 g/mol. The maximum atomic E-state index is 13.9. The highest BCUT2D eigenvalue weighted by Gasteiger charge is 2.20. The Morgan fingerprint density at radius 2 is 1.89 bits per heavy atom. The van der Waals surface area contributed by atoms with Crippen LogP contribution in [0.1, 0.15) is 10.4 Å². The zero-order chi connectivity index (χ0) is 19.5. The molecule has 1 aliphatic rings. The van der Waals surface area contributed by atoms with E-state index in [0.717, 1.165) is 42.6 Å². The highest BCUT2D eigenvalue weighted by atomic mass is 35.5. The van der Waals surface area contributed by atoms with Crippen molar-refractivity contribution in [2.75, 3.05) is 44.2 Å². The molecule has 1 aromatic heterocycles. The number of aromatic nitrogens is 1. The molecule has 1 N–H and O–H groups in total. The minimum Gasteiger partial charge on any atom is -0.351 e. The van der Waals surface area contributed by atoms with E-state index in [2.05, 4.69) is 20.1 Å². The van der Waals surface area contributed by atoms with Gasteiger partial charge in [0, 0.05) is 49.9 Å². The van der Waals surface area contributed by atoms with E-state index in [-0.39, 0.29) is 11.7 Å². The van der Waals surface area contributed by atoms with Crippen molar-refractivity contribution in [1.29, 1.82) is 0 Å². The number of halogens is 2. The van der Waals surface area contributed by atoms with E-state index in [1.807, 2.05) is 6.07 Å². The molecule has 4 rings (SSSR count). The van der Waals surface area contributed by atoms with Crippen LogP contribution in [0.15, 0.2) is 42.5 Å². The summed E-state index contributed by atoms with van der Waals surface area (Å²) >= 11 is 7.37. The first kappa shape index (κ1) is 19.1. The number of nitrogens with one attached hydrogen (secondary N) is 1. The van der Waals surface area contributed by atoms with Crippen LogP contribution in [-0.4, -0.2) is 55.1 Å². The molecule has 0 aliphatic carbocycles. The molecule has 2 heterocycles. The predicted octanol–water partition coefficient (Wildman–Crippen LogP) is 3.64. The molecule has 1 amide bonds. The van der Waals surface area contributed by atoms with Gasteiger partial charge in [0.15, 0.2) is 5.13 Å². The molecule has 0 saturated carbocycles. The van der Waals surface area contributed by atoms with E-state index in [0.29, 0.717) is 22.6 Å². The van der Waals surface area contributed by atoms with Crippen molar-refractivity contribution in [3.63, 3.8) is 0 Å². The Labute approximate surface area is 171 Å². The number of rotatable bonds is 5. The fourth-order valence-electron chi connectivity index (χ4n) is 3.23. The van der Waals surface area contributed by atoms with E-state index in [1.165, 1.54) is 17.4 Å². The maximum Gasteiger partial charge on any atom is 0.251 e. The number of anilines is 1. The van der Waals surface area contributed by atoms with Gasteiger partial charge in [-0.1, -0.05) is 29.0 Å². The Bertz CT molecular complexity index is 970. The standard InChI is InChI=1S/C20H20ClFN4OS/c21-15-6-4-14(5-7-15)19(27)23-8-9-25-10-12-26(13-11-25)20-24-18-16(22)2-1-3-17(18)28-20/h1-7H,8-13H2,(H,23,27). The number of thiazole rings is 1. The number of nitrogens with zero attached hydrogens (tertiary/aromatic N) is 3. The summed E-state index contributed by atoms with van der Waals surface area (Å²) in [6.45, 7) is 4.83. The third kappa shape index (κ3) is 4.27. The van der Waals surface area contributed by atoms with Gasteiger partial charge in [0.05, 0.1) is 4.70 Å². The quantitative estimate of drug-likeness (QED) is 0.687. The molecule has 8 heteroatoms. The number of fused-ring (bicyclic) bond motifs is 1. The lowest BCUT2D eigenvalue weighted by molar-refractivity contribution is 0.0948. The van der Waals surface area contributed by atoms with E-state index in [9.17, 15) is 9.18 Å². The zero-order valence-electron chi connectivity index (χ0n) is 15.2. The summed E-state index contributed by atoms with van der Waals surface area (Å²) < 4.78 is 14.7. The van der Waals surface area contributed by atoms with Crippen LogP contribution in [0.3, 0.4) is 0 Å². The first-order valence-corrected chi connectivity index (χ1v) is 10.4. The van der Waals surface area contributed by atoms with Crippen LogP contribution in [0, 0.1) is 5.82 Å². The predicted molar refractivity (Wildman–Crippen MR) is 112 cm³/mol. The molecule has 1 saturated heterocycles. The van der Waals surface area contributed by atoms with E-state index >= 15 is 0 Å². The van der Waals surface area contributed by atoms with Crippen LogP contribution in [0.4, 0.5) is 9.52 Å². The van der Waals surface area contributed by atoms with Gasteiger partial charge in [-0.05, 0) is 36.4 Å². The SMILES string of the molecule is O=C(NCCN1CCN(c2nc3c(F)cccc3s2)CC1)c1ccc(Cl)cc1. The summed E-state index contributed by atoms with van der Waals surface area (Å²) in [6.07, 6.45) is 0. The third-order valence-electron chi connectivity index (χ3n) is 4.82. The summed E-state index contributed by atoms with van der Waals surface area (Å²) in [6, 6.07) is 11.9. The van der Waals surface area contributed by atoms with Gasteiger partial charge in [0.2, 0.25) is 0 Å². The topological polar surface area (TPSA) is 48.5 Å². The smallest absolute Gasteiger partial charge is 0.251 e. The van der Waals surface area contributed by atoms with Gasteiger partial charge in [0.25, 0.3) is 5.91 Å². The molecular formula is C20H20ClFN4OS. The summed E-state index contributed by atoms with van der Waals surface area (Å²) in [4.78, 5) is 21.1. The molecule has 2 aromatic carbocycles. The van der Waals surface area contributed by atoms with Crippen LogP contribution < -0.4 is 10.2 Å². The molecule has 28 heavy (non-hydrogen) atoms. The largest absolute Gasteiger partial charge is 0.351 e. The lowest BCUT2D eigenvalue weighted by Crippen LogP contribution is -2.48. The van der Waals surface area contributed by atoms with Crippen molar-refractivity contribution in [3.8, 4) is 0 Å². The number of para-hydroxylation sites is 1. The zero-order valence-corrected chi connectivity index (χ0v) is 16.8. The summed E-state index contributed by atoms with van der Waals surface area (Å²) in [5.74, 6) is -0.359. The van der Waals surface area contributed by atoms with Gasteiger partial charge in [-0.15, -0.1) is 0 Å². The number of hydrogen-bond donors (Lipinski definition) is 1. The Kier molecular flexibility index (Phi) is 5.75. The highest BCUT2D eigenvalue weighted by molar-refractivity contribution is 7.22. The second kappa shape index (κ2) is 8.43. The molecule has 0 bridgehead atoms. The van der Waals surface area contributed by atoms with E-state index in [4.69, 9.17) is 11.6 Å². The fourth-order valence-corrected chi connectivity index (χ4v) is 4.39. The lowest BCUT2D eigenvalue weighted by Gasteiger charge is -2.34. The van der Waals surface area contributed by atoms with E-state index in [1.54, 1.807) is 30.3 Å². The van der Waals surface area contributed by atoms with Crippen molar-refractivity contribution < 1.29 is 9.18 Å². The van der Waals surface area contributed by atoms with Crippen molar-refractivity contribution in [2.45, 2.75) is 0 Å². The van der Waals surface area contributed by atoms with Gasteiger partial charge in [0.1, 0.15) is 11.3 Å². The molecular weight excluding hydrogens is 399 g/mol. The summed E-state index contributed by atoms with van der Waals surface area (Å²) in [5.41, 5.74) is 1.06. The van der Waals surface area contributed by atoms with Crippen molar-refractivity contribution in [3.05, 3.63) is 58.9 Å². The number of amides is 1. The maximum absolute atomic E-state index is 13.9. The number of hydrogen-bond acceptors (Lipinski definition) is 5. The molecule has 0 atom stereocenters. The van der Waals surface area contributed by atoms with Crippen LogP contribution in [-0.2, 0) is 0 Å². The van der Waals surface area contributed by atoms with Gasteiger partial charge in [-0.2, -0.15) is 0 Å². The molecule has 5 nitrogen and oxygen atoms in total. The van der Waals surface area contributed by atoms with Crippen LogP contribution >= 0.6 is 22.9 Å². The first-order chi connectivity index (χ1) is 13.6. The Balaban J connectivity index is 1.25. The van der Waals surface area contributed by atoms with Crippen LogP contribution in [0.2, 0.25) is 5.02 Å². The van der Waals surface area contributed by atoms with Crippen LogP contribution in [0.25, 0.3) is 10.2 Å². The number of carbonyl (C=O) groups is 1.